The lowest BCUT2D eigenvalue weighted by Gasteiger charge is -2.05. The molecule has 0 radical (unpaired) electrons. The summed E-state index contributed by atoms with van der Waals surface area (Å²) in [6.45, 7) is 10.2. The molecule has 12 heavy (non-hydrogen) atoms. The van der Waals surface area contributed by atoms with Gasteiger partial charge in [0.05, 0.1) is 0 Å². The van der Waals surface area contributed by atoms with Crippen molar-refractivity contribution in [2.75, 3.05) is 0 Å². The van der Waals surface area contributed by atoms with Gasteiger partial charge in [0.15, 0.2) is 0 Å². The van der Waals surface area contributed by atoms with E-state index in [0.29, 0.717) is 5.92 Å². The first-order valence-corrected chi connectivity index (χ1v) is 4.65. The smallest absolute Gasteiger partial charge is 0.0259 e. The van der Waals surface area contributed by atoms with Gasteiger partial charge < -0.3 is 0 Å². The number of hydrogen-bond donors (Lipinski definition) is 0. The highest BCUT2D eigenvalue weighted by Gasteiger charge is 1.97. The van der Waals surface area contributed by atoms with E-state index in [1.54, 1.807) is 0 Å². The molecule has 0 N–H and O–H groups in total. The van der Waals surface area contributed by atoms with Gasteiger partial charge in [0.2, 0.25) is 0 Å². The quantitative estimate of drug-likeness (QED) is 0.423. The van der Waals surface area contributed by atoms with Gasteiger partial charge in [-0.15, -0.1) is 0 Å². The van der Waals surface area contributed by atoms with E-state index in [-0.39, 0.29) is 0 Å². The van der Waals surface area contributed by atoms with E-state index in [4.69, 9.17) is 0 Å². The average Bonchev–Trinajstić information content (AvgIpc) is 2.07. The Morgan fingerprint density at radius 1 is 1.42 bits per heavy atom. The molecule has 0 spiro atoms. The van der Waals surface area contributed by atoms with E-state index >= 15 is 0 Å². The molecule has 0 aromatic carbocycles. The first kappa shape index (κ1) is 11.2. The molecule has 1 atom stereocenters. The Bertz CT molecular complexity index is 172. The third-order valence-electron chi connectivity index (χ3n) is 2.04. The Morgan fingerprint density at radius 3 is 2.50 bits per heavy atom. The van der Waals surface area contributed by atoms with E-state index in [9.17, 15) is 0 Å². The van der Waals surface area contributed by atoms with Gasteiger partial charge in [-0.25, -0.2) is 0 Å². The molecule has 0 aliphatic carbocycles. The van der Waals surface area contributed by atoms with Crippen LogP contribution >= 0.6 is 0 Å². The van der Waals surface area contributed by atoms with Crippen LogP contribution in [0.5, 0.6) is 0 Å². The van der Waals surface area contributed by atoms with Crippen molar-refractivity contribution in [2.45, 2.75) is 33.6 Å². The summed E-state index contributed by atoms with van der Waals surface area (Å²) < 4.78 is 0. The maximum atomic E-state index is 3.77. The van der Waals surface area contributed by atoms with Crippen molar-refractivity contribution in [3.63, 3.8) is 0 Å². The molecule has 0 aliphatic rings. The lowest BCUT2D eigenvalue weighted by Crippen LogP contribution is -1.90. The van der Waals surface area contributed by atoms with Gasteiger partial charge in [-0.3, -0.25) is 0 Å². The summed E-state index contributed by atoms with van der Waals surface area (Å²) in [5.74, 6) is 0.685. The zero-order valence-electron chi connectivity index (χ0n) is 8.51. The molecule has 1 unspecified atom stereocenters. The minimum atomic E-state index is 0.685. The third kappa shape index (κ3) is 4.95. The van der Waals surface area contributed by atoms with Crippen LogP contribution in [0.15, 0.2) is 36.5 Å². The monoisotopic (exact) mass is 164 g/mol. The van der Waals surface area contributed by atoms with Crippen LogP contribution in [0.2, 0.25) is 0 Å². The number of hydrogen-bond acceptors (Lipinski definition) is 0. The van der Waals surface area contributed by atoms with Crippen LogP contribution in [0.4, 0.5) is 0 Å². The first-order valence-electron chi connectivity index (χ1n) is 4.65. The molecule has 0 heterocycles. The Hall–Kier alpha value is -0.780. The molecule has 68 valence electrons. The largest absolute Gasteiger partial charge is 0.0988 e. The topological polar surface area (TPSA) is 0 Å². The predicted octanol–water partition coefficient (Wildman–Crippen LogP) is 4.11. The fourth-order valence-corrected chi connectivity index (χ4v) is 1.18. The van der Waals surface area contributed by atoms with E-state index in [0.717, 1.165) is 6.42 Å². The summed E-state index contributed by atoms with van der Waals surface area (Å²) in [5, 5.41) is 0. The van der Waals surface area contributed by atoms with Crippen molar-refractivity contribution in [1.82, 2.24) is 0 Å². The van der Waals surface area contributed by atoms with Gasteiger partial charge in [0, 0.05) is 0 Å². The first-order chi connectivity index (χ1) is 5.74. The maximum Gasteiger partial charge on any atom is -0.0259 e. The summed E-state index contributed by atoms with van der Waals surface area (Å²) >= 11 is 0. The molecule has 0 rings (SSSR count). The third-order valence-corrected chi connectivity index (χ3v) is 2.04. The second-order valence-corrected chi connectivity index (χ2v) is 3.11. The molecule has 0 aromatic heterocycles. The molecule has 0 aliphatic heterocycles. The van der Waals surface area contributed by atoms with Crippen LogP contribution in [-0.2, 0) is 0 Å². The molecular formula is C12H20. The van der Waals surface area contributed by atoms with Crippen LogP contribution in [-0.4, -0.2) is 0 Å². The molecule has 0 saturated heterocycles. The Balaban J connectivity index is 3.74. The van der Waals surface area contributed by atoms with Crippen molar-refractivity contribution in [3.05, 3.63) is 36.5 Å². The van der Waals surface area contributed by atoms with Crippen LogP contribution in [0.3, 0.4) is 0 Å². The fourth-order valence-electron chi connectivity index (χ4n) is 1.18. The number of allylic oxidation sites excluding steroid dienone is 5. The summed E-state index contributed by atoms with van der Waals surface area (Å²) in [5.41, 5.74) is 1.35. The second kappa shape index (κ2) is 6.90. The lowest BCUT2D eigenvalue weighted by atomic mass is 10.0. The summed E-state index contributed by atoms with van der Waals surface area (Å²) in [6.07, 6.45) is 10.8. The number of rotatable bonds is 5. The second-order valence-electron chi connectivity index (χ2n) is 3.11. The normalized spacial score (nSPS) is 15.1. The van der Waals surface area contributed by atoms with E-state index in [2.05, 4.69) is 45.6 Å². The zero-order valence-corrected chi connectivity index (χ0v) is 8.51. The van der Waals surface area contributed by atoms with Crippen LogP contribution in [0, 0.1) is 5.92 Å². The summed E-state index contributed by atoms with van der Waals surface area (Å²) in [6, 6.07) is 0. The minimum Gasteiger partial charge on any atom is -0.0988 e. The fraction of sp³-hybridized carbons (Fsp3) is 0.500. The Labute approximate surface area is 76.7 Å². The Morgan fingerprint density at radius 2 is 2.08 bits per heavy atom. The molecule has 0 bridgehead atoms. The van der Waals surface area contributed by atoms with E-state index in [1.165, 1.54) is 12.0 Å². The molecule has 0 amide bonds. The van der Waals surface area contributed by atoms with Gasteiger partial charge in [0.25, 0.3) is 0 Å². The molecule has 0 aromatic rings. The van der Waals surface area contributed by atoms with Crippen molar-refractivity contribution in [2.24, 2.45) is 5.92 Å². The highest BCUT2D eigenvalue weighted by atomic mass is 14.0. The van der Waals surface area contributed by atoms with E-state index < -0.39 is 0 Å². The van der Waals surface area contributed by atoms with E-state index in [1.807, 2.05) is 6.08 Å². The Kier molecular flexibility index (Phi) is 6.45. The van der Waals surface area contributed by atoms with Crippen molar-refractivity contribution >= 4 is 0 Å². The van der Waals surface area contributed by atoms with Crippen LogP contribution in [0.1, 0.15) is 33.6 Å². The van der Waals surface area contributed by atoms with Crippen molar-refractivity contribution < 1.29 is 0 Å². The molecule has 0 heteroatoms. The van der Waals surface area contributed by atoms with Gasteiger partial charge in [-0.05, 0) is 32.6 Å². The standard InChI is InChI=1S/C12H20/c1-5-8-11(4)9-10-12(6-2)7-3/h5-8,11H,2,9-10H2,1,3-4H3. The van der Waals surface area contributed by atoms with Gasteiger partial charge >= 0.3 is 0 Å². The molecule has 0 nitrogen and oxygen atoms in total. The maximum absolute atomic E-state index is 3.77. The van der Waals surface area contributed by atoms with Crippen molar-refractivity contribution in [1.29, 1.82) is 0 Å². The molecular weight excluding hydrogens is 144 g/mol. The van der Waals surface area contributed by atoms with Gasteiger partial charge in [0.1, 0.15) is 0 Å². The summed E-state index contributed by atoms with van der Waals surface area (Å²) in [7, 11) is 0. The molecule has 0 fully saturated rings. The predicted molar refractivity (Wildman–Crippen MR) is 57.2 cm³/mol. The lowest BCUT2D eigenvalue weighted by molar-refractivity contribution is 0.648. The van der Waals surface area contributed by atoms with Crippen LogP contribution in [0.25, 0.3) is 0 Å². The van der Waals surface area contributed by atoms with Gasteiger partial charge in [-0.2, -0.15) is 0 Å². The molecule has 0 saturated carbocycles. The summed E-state index contributed by atoms with van der Waals surface area (Å²) in [4.78, 5) is 0. The highest BCUT2D eigenvalue weighted by molar-refractivity contribution is 5.14. The minimum absolute atomic E-state index is 0.685. The average molecular weight is 164 g/mol. The van der Waals surface area contributed by atoms with Crippen LogP contribution < -0.4 is 0 Å². The van der Waals surface area contributed by atoms with Gasteiger partial charge in [-0.1, -0.05) is 43.4 Å². The highest BCUT2D eigenvalue weighted by Crippen LogP contribution is 2.13. The SMILES string of the molecule is C=CC(=CC)CCC(C)C=CC. The van der Waals surface area contributed by atoms with Crippen molar-refractivity contribution in [3.8, 4) is 0 Å². The zero-order chi connectivity index (χ0) is 9.40.